The molecule has 0 spiro atoms. The van der Waals surface area contributed by atoms with Crippen LogP contribution in [0.2, 0.25) is 0 Å². The molecule has 0 nitrogen and oxygen atoms in total. The first-order valence-electron chi connectivity index (χ1n) is 15.7. The van der Waals surface area contributed by atoms with Crippen molar-refractivity contribution in [2.75, 3.05) is 0 Å². The number of hydrogen-bond donors (Lipinski definition) is 0. The monoisotopic (exact) mass is 494 g/mol. The molecule has 0 saturated carbocycles. The van der Waals surface area contributed by atoms with Gasteiger partial charge in [-0.25, -0.2) is 0 Å². The lowest BCUT2D eigenvalue weighted by Gasteiger charge is -2.19. The number of rotatable bonds is 22. The SMILES string of the molecule is CCCCCCCCCCCCCCCCCCC1C(C)=CC(CCCC)=C1[SiH2]c1ccccc1. The lowest BCUT2D eigenvalue weighted by Crippen LogP contribution is -2.21. The predicted octanol–water partition coefficient (Wildman–Crippen LogP) is 10.2. The number of allylic oxidation sites excluding steroid dienone is 4. The highest BCUT2D eigenvalue weighted by molar-refractivity contribution is 6.61. The van der Waals surface area contributed by atoms with E-state index in [1.165, 1.54) is 128 Å². The summed E-state index contributed by atoms with van der Waals surface area (Å²) in [6.45, 7) is 7.05. The lowest BCUT2D eigenvalue weighted by atomic mass is 9.95. The first-order valence-corrected chi connectivity index (χ1v) is 17.1. The zero-order valence-corrected chi connectivity index (χ0v) is 25.3. The molecular formula is C34H58Si. The predicted molar refractivity (Wildman–Crippen MR) is 163 cm³/mol. The van der Waals surface area contributed by atoms with Gasteiger partial charge in [0.1, 0.15) is 0 Å². The third-order valence-electron chi connectivity index (χ3n) is 8.17. The van der Waals surface area contributed by atoms with Gasteiger partial charge in [-0.2, -0.15) is 0 Å². The summed E-state index contributed by atoms with van der Waals surface area (Å²) < 4.78 is 0. The van der Waals surface area contributed by atoms with E-state index in [-0.39, 0.29) is 9.52 Å². The van der Waals surface area contributed by atoms with Crippen LogP contribution in [0.15, 0.2) is 52.8 Å². The van der Waals surface area contributed by atoms with Gasteiger partial charge < -0.3 is 0 Å². The Morgan fingerprint density at radius 1 is 0.600 bits per heavy atom. The molecule has 35 heavy (non-hydrogen) atoms. The Morgan fingerprint density at radius 3 is 1.60 bits per heavy atom. The summed E-state index contributed by atoms with van der Waals surface area (Å²) in [5.41, 5.74) is 3.39. The minimum absolute atomic E-state index is 0.329. The van der Waals surface area contributed by atoms with Crippen LogP contribution in [0.1, 0.15) is 149 Å². The molecule has 0 heterocycles. The van der Waals surface area contributed by atoms with Crippen LogP contribution in [-0.2, 0) is 0 Å². The van der Waals surface area contributed by atoms with Crippen molar-refractivity contribution in [3.63, 3.8) is 0 Å². The summed E-state index contributed by atoms with van der Waals surface area (Å²) >= 11 is 0. The largest absolute Gasteiger partial charge is 0.0835 e. The normalized spacial score (nSPS) is 16.1. The molecule has 1 aliphatic rings. The molecule has 0 radical (unpaired) electrons. The molecule has 1 aromatic carbocycles. The first kappa shape index (κ1) is 30.1. The lowest BCUT2D eigenvalue weighted by molar-refractivity contribution is 0.519. The fourth-order valence-corrected chi connectivity index (χ4v) is 8.14. The van der Waals surface area contributed by atoms with Crippen LogP contribution in [0.5, 0.6) is 0 Å². The molecule has 198 valence electrons. The minimum atomic E-state index is -0.329. The van der Waals surface area contributed by atoms with E-state index in [0.29, 0.717) is 0 Å². The molecule has 1 heteroatoms. The van der Waals surface area contributed by atoms with Crippen molar-refractivity contribution in [1.82, 2.24) is 0 Å². The molecular weight excluding hydrogens is 436 g/mol. The van der Waals surface area contributed by atoms with Crippen molar-refractivity contribution in [2.24, 2.45) is 5.92 Å². The molecule has 1 aromatic rings. The standard InChI is InChI=1S/C34H58Si/c1-4-6-8-9-10-11-12-13-14-15-16-17-18-19-20-24-28-33-30(3)29-31(25-7-5-2)34(33)35-32-26-22-21-23-27-32/h21-23,26-27,29,33H,4-20,24-25,28,35H2,1-3H3. The number of benzene rings is 1. The first-order chi connectivity index (χ1) is 17.3. The van der Waals surface area contributed by atoms with Gasteiger partial charge in [-0.15, -0.1) is 0 Å². The average Bonchev–Trinajstić information content (AvgIpc) is 3.16. The van der Waals surface area contributed by atoms with Crippen LogP contribution < -0.4 is 5.19 Å². The average molecular weight is 495 g/mol. The molecule has 0 bridgehead atoms. The second-order valence-electron chi connectivity index (χ2n) is 11.3. The third-order valence-corrected chi connectivity index (χ3v) is 10.4. The number of unbranched alkanes of at least 4 members (excludes halogenated alkanes) is 16. The van der Waals surface area contributed by atoms with Gasteiger partial charge in [0.15, 0.2) is 0 Å². The maximum atomic E-state index is 2.58. The molecule has 1 aliphatic carbocycles. The maximum Gasteiger partial charge on any atom is 0.0835 e. The van der Waals surface area contributed by atoms with Crippen LogP contribution in [0.25, 0.3) is 0 Å². The highest BCUT2D eigenvalue weighted by Crippen LogP contribution is 2.37. The Balaban J connectivity index is 1.55. The molecule has 1 unspecified atom stereocenters. The minimum Gasteiger partial charge on any atom is -0.0725 e. The zero-order valence-electron chi connectivity index (χ0n) is 23.9. The van der Waals surface area contributed by atoms with E-state index in [4.69, 9.17) is 0 Å². The van der Waals surface area contributed by atoms with E-state index in [1.807, 2.05) is 5.20 Å². The Kier molecular flexibility index (Phi) is 17.2. The van der Waals surface area contributed by atoms with Gasteiger partial charge >= 0.3 is 0 Å². The van der Waals surface area contributed by atoms with Crippen LogP contribution in [0.4, 0.5) is 0 Å². The summed E-state index contributed by atoms with van der Waals surface area (Å²) in [6, 6.07) is 11.4. The Bertz CT molecular complexity index is 699. The Morgan fingerprint density at radius 2 is 1.09 bits per heavy atom. The molecule has 0 N–H and O–H groups in total. The fraction of sp³-hybridized carbons (Fsp3) is 0.706. The maximum absolute atomic E-state index is 2.58. The van der Waals surface area contributed by atoms with Gasteiger partial charge in [0.2, 0.25) is 0 Å². The summed E-state index contributed by atoms with van der Waals surface area (Å²) in [7, 11) is -0.329. The quantitative estimate of drug-likeness (QED) is 0.111. The van der Waals surface area contributed by atoms with Crippen molar-refractivity contribution in [3.8, 4) is 0 Å². The van der Waals surface area contributed by atoms with Gasteiger partial charge in [0, 0.05) is 0 Å². The van der Waals surface area contributed by atoms with Crippen molar-refractivity contribution < 1.29 is 0 Å². The topological polar surface area (TPSA) is 0 Å². The molecule has 1 atom stereocenters. The highest BCUT2D eigenvalue weighted by atomic mass is 28.2. The van der Waals surface area contributed by atoms with E-state index in [9.17, 15) is 0 Å². The summed E-state index contributed by atoms with van der Waals surface area (Å²) in [5.74, 6) is 0.764. The van der Waals surface area contributed by atoms with Crippen LogP contribution >= 0.6 is 0 Å². The molecule has 0 aromatic heterocycles. The van der Waals surface area contributed by atoms with E-state index in [1.54, 1.807) is 16.3 Å². The Labute approximate surface area is 222 Å². The summed E-state index contributed by atoms with van der Waals surface area (Å²) in [4.78, 5) is 0. The summed E-state index contributed by atoms with van der Waals surface area (Å²) in [6.07, 6.45) is 31.2. The van der Waals surface area contributed by atoms with Crippen molar-refractivity contribution in [1.29, 1.82) is 0 Å². The van der Waals surface area contributed by atoms with E-state index < -0.39 is 0 Å². The van der Waals surface area contributed by atoms with Gasteiger partial charge in [-0.05, 0) is 32.1 Å². The molecule has 0 amide bonds. The van der Waals surface area contributed by atoms with E-state index in [0.717, 1.165) is 5.92 Å². The van der Waals surface area contributed by atoms with Gasteiger partial charge in [0.25, 0.3) is 0 Å². The van der Waals surface area contributed by atoms with E-state index >= 15 is 0 Å². The van der Waals surface area contributed by atoms with Gasteiger partial charge in [0.05, 0.1) is 9.52 Å². The van der Waals surface area contributed by atoms with Crippen molar-refractivity contribution in [3.05, 3.63) is 52.8 Å². The van der Waals surface area contributed by atoms with Crippen molar-refractivity contribution in [2.45, 2.75) is 149 Å². The zero-order chi connectivity index (χ0) is 25.0. The van der Waals surface area contributed by atoms with Gasteiger partial charge in [-0.1, -0.05) is 181 Å². The molecule has 2 rings (SSSR count). The van der Waals surface area contributed by atoms with Crippen LogP contribution in [0.3, 0.4) is 0 Å². The molecule has 0 aliphatic heterocycles. The highest BCUT2D eigenvalue weighted by Gasteiger charge is 2.24. The van der Waals surface area contributed by atoms with E-state index in [2.05, 4.69) is 57.2 Å². The van der Waals surface area contributed by atoms with Crippen molar-refractivity contribution >= 4 is 14.7 Å². The fourth-order valence-electron chi connectivity index (χ4n) is 5.92. The Hall–Kier alpha value is -1.08. The molecule has 0 saturated heterocycles. The summed E-state index contributed by atoms with van der Waals surface area (Å²) in [5, 5.41) is 3.50. The second kappa shape index (κ2) is 20.0. The second-order valence-corrected chi connectivity index (χ2v) is 13.3. The van der Waals surface area contributed by atoms with Crippen LogP contribution in [0, 0.1) is 5.92 Å². The molecule has 0 fully saturated rings. The number of hydrogen-bond acceptors (Lipinski definition) is 0. The third kappa shape index (κ3) is 13.1. The van der Waals surface area contributed by atoms with Crippen LogP contribution in [-0.4, -0.2) is 9.52 Å². The van der Waals surface area contributed by atoms with Gasteiger partial charge in [-0.3, -0.25) is 0 Å². The smallest absolute Gasteiger partial charge is 0.0725 e.